The average molecular weight is 349 g/mol. The van der Waals surface area contributed by atoms with Crippen LogP contribution in [-0.2, 0) is 10.7 Å². The third kappa shape index (κ3) is 2.60. The van der Waals surface area contributed by atoms with E-state index in [-0.39, 0.29) is 12.4 Å². The minimum Gasteiger partial charge on any atom is -0.379 e. The summed E-state index contributed by atoms with van der Waals surface area (Å²) in [6.07, 6.45) is -5.35. The average Bonchev–Trinajstić information content (AvgIpc) is 3.17. The van der Waals surface area contributed by atoms with Gasteiger partial charge in [0.25, 0.3) is 0 Å². The van der Waals surface area contributed by atoms with E-state index in [0.717, 1.165) is 10.7 Å². The number of alkyl halides is 5. The molecule has 24 heavy (non-hydrogen) atoms. The van der Waals surface area contributed by atoms with E-state index in [1.807, 2.05) is 0 Å². The summed E-state index contributed by atoms with van der Waals surface area (Å²) in [6, 6.07) is 3.66. The van der Waals surface area contributed by atoms with Gasteiger partial charge in [-0.2, -0.15) is 27.1 Å². The Morgan fingerprint density at radius 1 is 1.12 bits per heavy atom. The Kier molecular flexibility index (Phi) is 3.94. The Morgan fingerprint density at radius 3 is 2.25 bits per heavy atom. The topological polar surface area (TPSA) is 32.0 Å². The third-order valence-corrected chi connectivity index (χ3v) is 4.15. The van der Waals surface area contributed by atoms with Crippen LogP contribution in [0.25, 0.3) is 5.82 Å². The maximum absolute atomic E-state index is 14.0. The van der Waals surface area contributed by atoms with Crippen molar-refractivity contribution in [2.45, 2.75) is 38.4 Å². The first kappa shape index (κ1) is 16.9. The Labute approximate surface area is 134 Å². The van der Waals surface area contributed by atoms with Crippen molar-refractivity contribution in [2.24, 2.45) is 0 Å². The lowest BCUT2D eigenvalue weighted by molar-refractivity contribution is -0.292. The molecular weight excluding hydrogens is 333 g/mol. The summed E-state index contributed by atoms with van der Waals surface area (Å²) in [4.78, 5) is 0. The quantitative estimate of drug-likeness (QED) is 0.787. The molecule has 0 spiro atoms. The van der Waals surface area contributed by atoms with E-state index in [2.05, 4.69) is 5.10 Å². The van der Waals surface area contributed by atoms with E-state index in [9.17, 15) is 22.0 Å². The van der Waals surface area contributed by atoms with Crippen molar-refractivity contribution in [2.75, 3.05) is 13.2 Å². The molecule has 0 amide bonds. The molecule has 3 heterocycles. The van der Waals surface area contributed by atoms with E-state index in [1.165, 1.54) is 0 Å². The summed E-state index contributed by atoms with van der Waals surface area (Å²) < 4.78 is 74.0. The molecule has 1 aliphatic rings. The van der Waals surface area contributed by atoms with Gasteiger partial charge < -0.3 is 9.30 Å². The number of aromatic nitrogens is 3. The fourth-order valence-electron chi connectivity index (χ4n) is 2.89. The first-order chi connectivity index (χ1) is 11.1. The third-order valence-electron chi connectivity index (χ3n) is 4.15. The summed E-state index contributed by atoms with van der Waals surface area (Å²) in [5.41, 5.74) is 0.233. The molecule has 0 aliphatic carbocycles. The maximum Gasteiger partial charge on any atom is 0.459 e. The first-order valence-electron chi connectivity index (χ1n) is 7.40. The second kappa shape index (κ2) is 5.58. The lowest BCUT2D eigenvalue weighted by Crippen LogP contribution is -2.36. The molecule has 4 nitrogen and oxygen atoms in total. The molecule has 1 fully saturated rings. The van der Waals surface area contributed by atoms with Crippen molar-refractivity contribution >= 4 is 0 Å². The molecule has 1 aliphatic heterocycles. The van der Waals surface area contributed by atoms with Crippen molar-refractivity contribution in [1.29, 1.82) is 0 Å². The minimum atomic E-state index is -5.69. The van der Waals surface area contributed by atoms with E-state index < -0.39 is 23.8 Å². The van der Waals surface area contributed by atoms with E-state index in [1.54, 1.807) is 30.5 Å². The number of aryl methyl sites for hydroxylation is 2. The van der Waals surface area contributed by atoms with Crippen LogP contribution in [0.3, 0.4) is 0 Å². The van der Waals surface area contributed by atoms with Gasteiger partial charge in [-0.3, -0.25) is 4.68 Å². The van der Waals surface area contributed by atoms with Gasteiger partial charge in [-0.05, 0) is 32.4 Å². The van der Waals surface area contributed by atoms with Crippen LogP contribution in [0.2, 0.25) is 0 Å². The van der Waals surface area contributed by atoms with Gasteiger partial charge >= 0.3 is 12.1 Å². The summed E-state index contributed by atoms with van der Waals surface area (Å²) in [6.45, 7) is 3.82. The molecular formula is C15H16F5N3O. The summed E-state index contributed by atoms with van der Waals surface area (Å²) in [5, 5.41) is 4.06. The van der Waals surface area contributed by atoms with Crippen molar-refractivity contribution in [3.05, 3.63) is 35.3 Å². The van der Waals surface area contributed by atoms with Crippen molar-refractivity contribution in [1.82, 2.24) is 14.3 Å². The van der Waals surface area contributed by atoms with Crippen LogP contribution in [0.4, 0.5) is 22.0 Å². The molecule has 3 rings (SSSR count). The highest BCUT2D eigenvalue weighted by molar-refractivity contribution is 5.34. The Morgan fingerprint density at radius 2 is 1.75 bits per heavy atom. The van der Waals surface area contributed by atoms with Crippen LogP contribution < -0.4 is 0 Å². The predicted octanol–water partition coefficient (Wildman–Crippen LogP) is 3.91. The minimum absolute atomic E-state index is 0.0424. The molecule has 2 aromatic heterocycles. The summed E-state index contributed by atoms with van der Waals surface area (Å²) >= 11 is 0. The first-order valence-corrected chi connectivity index (χ1v) is 7.40. The second-order valence-electron chi connectivity index (χ2n) is 5.87. The zero-order valence-electron chi connectivity index (χ0n) is 13.1. The Hall–Kier alpha value is -1.90. The fraction of sp³-hybridized carbons (Fsp3) is 0.533. The lowest BCUT2D eigenvalue weighted by atomic mass is 10.2. The van der Waals surface area contributed by atoms with Crippen LogP contribution in [0, 0.1) is 13.8 Å². The van der Waals surface area contributed by atoms with Crippen LogP contribution in [-0.4, -0.2) is 33.7 Å². The van der Waals surface area contributed by atoms with Crippen LogP contribution in [0.15, 0.2) is 18.2 Å². The standard InChI is InChI=1S/C15H16F5N3O/c1-9-3-4-10(2)22(9)13-7-12(14(16,17)15(18,19)20)23(21-13)11-5-6-24-8-11/h3-4,7,11H,5-6,8H2,1-2H3/t11-/m0/s1. The molecule has 0 aromatic carbocycles. The van der Waals surface area contributed by atoms with Crippen molar-refractivity contribution < 1.29 is 26.7 Å². The van der Waals surface area contributed by atoms with Gasteiger partial charge in [-0.1, -0.05) is 0 Å². The molecule has 0 bridgehead atoms. The molecule has 0 saturated carbocycles. The molecule has 0 N–H and O–H groups in total. The van der Waals surface area contributed by atoms with Crippen molar-refractivity contribution in [3.63, 3.8) is 0 Å². The Bertz CT molecular complexity index is 721. The smallest absolute Gasteiger partial charge is 0.379 e. The number of nitrogens with zero attached hydrogens (tertiary/aromatic N) is 3. The van der Waals surface area contributed by atoms with Gasteiger partial charge in [-0.25, -0.2) is 0 Å². The molecule has 1 saturated heterocycles. The number of hydrogen-bond acceptors (Lipinski definition) is 2. The highest BCUT2D eigenvalue weighted by Gasteiger charge is 2.61. The van der Waals surface area contributed by atoms with Gasteiger partial charge in [-0.15, -0.1) is 0 Å². The molecule has 0 radical (unpaired) electrons. The summed E-state index contributed by atoms with van der Waals surface area (Å²) in [7, 11) is 0. The SMILES string of the molecule is Cc1ccc(C)n1-c1cc(C(F)(F)C(F)(F)F)n([C@H]2CCOC2)n1. The zero-order chi connectivity index (χ0) is 17.7. The van der Waals surface area contributed by atoms with Gasteiger partial charge in [0.2, 0.25) is 0 Å². The highest BCUT2D eigenvalue weighted by Crippen LogP contribution is 2.45. The fourth-order valence-corrected chi connectivity index (χ4v) is 2.89. The van der Waals surface area contributed by atoms with E-state index >= 15 is 0 Å². The highest BCUT2D eigenvalue weighted by atomic mass is 19.4. The zero-order valence-corrected chi connectivity index (χ0v) is 13.1. The summed E-state index contributed by atoms with van der Waals surface area (Å²) in [5.74, 6) is -4.95. The van der Waals surface area contributed by atoms with E-state index in [4.69, 9.17) is 4.74 Å². The van der Waals surface area contributed by atoms with Crippen molar-refractivity contribution in [3.8, 4) is 5.82 Å². The molecule has 9 heteroatoms. The molecule has 1 atom stereocenters. The number of rotatable bonds is 3. The molecule has 2 aromatic rings. The van der Waals surface area contributed by atoms with Crippen LogP contribution >= 0.6 is 0 Å². The number of hydrogen-bond donors (Lipinski definition) is 0. The van der Waals surface area contributed by atoms with Gasteiger partial charge in [0, 0.05) is 24.1 Å². The lowest BCUT2D eigenvalue weighted by Gasteiger charge is -2.22. The van der Waals surface area contributed by atoms with Gasteiger partial charge in [0.15, 0.2) is 5.82 Å². The number of ether oxygens (including phenoxy) is 1. The molecule has 0 unspecified atom stereocenters. The second-order valence-corrected chi connectivity index (χ2v) is 5.87. The largest absolute Gasteiger partial charge is 0.459 e. The molecule has 132 valence electrons. The van der Waals surface area contributed by atoms with Gasteiger partial charge in [0.1, 0.15) is 5.69 Å². The predicted molar refractivity (Wildman–Crippen MR) is 75.5 cm³/mol. The van der Waals surface area contributed by atoms with Gasteiger partial charge in [0.05, 0.1) is 12.6 Å². The maximum atomic E-state index is 14.0. The normalized spacial score (nSPS) is 19.2. The van der Waals surface area contributed by atoms with Crippen LogP contribution in [0.1, 0.15) is 29.5 Å². The number of halogens is 5. The van der Waals surface area contributed by atoms with E-state index in [0.29, 0.717) is 24.4 Å². The Balaban J connectivity index is 2.17. The van der Waals surface area contributed by atoms with Crippen LogP contribution in [0.5, 0.6) is 0 Å². The monoisotopic (exact) mass is 349 g/mol.